The van der Waals surface area contributed by atoms with Crippen LogP contribution in [0.15, 0.2) is 42.7 Å². The Bertz CT molecular complexity index is 755. The van der Waals surface area contributed by atoms with E-state index < -0.39 is 11.4 Å². The first-order valence-corrected chi connectivity index (χ1v) is 8.85. The topological polar surface area (TPSA) is 36.4 Å². The van der Waals surface area contributed by atoms with E-state index in [2.05, 4.69) is 9.88 Å². The Morgan fingerprint density at radius 2 is 2.12 bits per heavy atom. The minimum absolute atomic E-state index is 0.0991. The molecule has 4 rings (SSSR count). The lowest BCUT2D eigenvalue weighted by Gasteiger charge is -2.41. The minimum atomic E-state index is -0.883. The SMILES string of the molecule is O[C@]1(c2cccnc2)CCC[C@H]2CN(Cc3cc(F)ccc3F)C[C@H]21. The fraction of sp³-hybridized carbons (Fsp3) is 0.450. The molecule has 1 aliphatic carbocycles. The van der Waals surface area contributed by atoms with Crippen molar-refractivity contribution >= 4 is 0 Å². The molecule has 3 atom stereocenters. The lowest BCUT2D eigenvalue weighted by Crippen LogP contribution is -2.42. The summed E-state index contributed by atoms with van der Waals surface area (Å²) in [5.41, 5.74) is 0.360. The van der Waals surface area contributed by atoms with Crippen molar-refractivity contribution in [3.05, 3.63) is 65.5 Å². The Balaban J connectivity index is 1.56. The van der Waals surface area contributed by atoms with Gasteiger partial charge in [-0.25, -0.2) is 8.78 Å². The number of aromatic nitrogens is 1. The van der Waals surface area contributed by atoms with E-state index in [4.69, 9.17) is 0 Å². The van der Waals surface area contributed by atoms with E-state index in [1.165, 1.54) is 12.1 Å². The van der Waals surface area contributed by atoms with Crippen LogP contribution in [0.3, 0.4) is 0 Å². The molecular formula is C20H22F2N2O. The van der Waals surface area contributed by atoms with Crippen LogP contribution in [-0.2, 0) is 12.1 Å². The Labute approximate surface area is 146 Å². The molecule has 0 bridgehead atoms. The van der Waals surface area contributed by atoms with Crippen LogP contribution in [0.2, 0.25) is 0 Å². The predicted octanol–water partition coefficient (Wildman–Crippen LogP) is 3.48. The molecule has 1 N–H and O–H groups in total. The van der Waals surface area contributed by atoms with Crippen molar-refractivity contribution < 1.29 is 13.9 Å². The summed E-state index contributed by atoms with van der Waals surface area (Å²) in [4.78, 5) is 6.30. The van der Waals surface area contributed by atoms with Gasteiger partial charge in [-0.2, -0.15) is 0 Å². The molecule has 1 aromatic heterocycles. The molecule has 0 radical (unpaired) electrons. The maximum Gasteiger partial charge on any atom is 0.127 e. The van der Waals surface area contributed by atoms with E-state index in [0.29, 0.717) is 24.6 Å². The number of hydrogen-bond donors (Lipinski definition) is 1. The van der Waals surface area contributed by atoms with Crippen LogP contribution in [0.25, 0.3) is 0 Å². The van der Waals surface area contributed by atoms with Crippen molar-refractivity contribution in [1.29, 1.82) is 0 Å². The van der Waals surface area contributed by atoms with E-state index in [1.807, 2.05) is 12.1 Å². The van der Waals surface area contributed by atoms with E-state index in [1.54, 1.807) is 12.4 Å². The van der Waals surface area contributed by atoms with Gasteiger partial charge in [0, 0.05) is 49.1 Å². The van der Waals surface area contributed by atoms with Crippen LogP contribution in [-0.4, -0.2) is 28.1 Å². The molecule has 1 aromatic carbocycles. The molecule has 1 aliphatic heterocycles. The van der Waals surface area contributed by atoms with Gasteiger partial charge in [0.2, 0.25) is 0 Å². The normalized spacial score (nSPS) is 29.6. The highest BCUT2D eigenvalue weighted by atomic mass is 19.1. The molecule has 1 saturated heterocycles. The molecule has 2 aromatic rings. The van der Waals surface area contributed by atoms with Gasteiger partial charge in [0.05, 0.1) is 5.60 Å². The molecular weight excluding hydrogens is 322 g/mol. The maximum atomic E-state index is 14.0. The van der Waals surface area contributed by atoms with Gasteiger partial charge < -0.3 is 5.11 Å². The number of rotatable bonds is 3. The second-order valence-corrected chi connectivity index (χ2v) is 7.35. The monoisotopic (exact) mass is 344 g/mol. The number of fused-ring (bicyclic) bond motifs is 1. The summed E-state index contributed by atoms with van der Waals surface area (Å²) in [5.74, 6) is -0.323. The second kappa shape index (κ2) is 6.46. The number of nitrogens with zero attached hydrogens (tertiary/aromatic N) is 2. The third kappa shape index (κ3) is 3.07. The highest BCUT2D eigenvalue weighted by Gasteiger charge is 2.49. The molecule has 0 spiro atoms. The predicted molar refractivity (Wildman–Crippen MR) is 90.6 cm³/mol. The molecule has 0 amide bonds. The molecule has 132 valence electrons. The molecule has 2 fully saturated rings. The summed E-state index contributed by atoms with van der Waals surface area (Å²) in [6.45, 7) is 1.87. The highest BCUT2D eigenvalue weighted by molar-refractivity contribution is 5.23. The number of pyridine rings is 1. The summed E-state index contributed by atoms with van der Waals surface area (Å²) in [5, 5.41) is 11.4. The van der Waals surface area contributed by atoms with Crippen LogP contribution in [0.4, 0.5) is 8.78 Å². The average molecular weight is 344 g/mol. The first-order chi connectivity index (χ1) is 12.1. The lowest BCUT2D eigenvalue weighted by atomic mass is 9.68. The van der Waals surface area contributed by atoms with Crippen molar-refractivity contribution in [2.75, 3.05) is 13.1 Å². The van der Waals surface area contributed by atoms with Crippen LogP contribution in [0.1, 0.15) is 30.4 Å². The second-order valence-electron chi connectivity index (χ2n) is 7.35. The first kappa shape index (κ1) is 16.6. The van der Waals surface area contributed by atoms with Crippen LogP contribution in [0, 0.1) is 23.5 Å². The zero-order valence-corrected chi connectivity index (χ0v) is 14.0. The van der Waals surface area contributed by atoms with E-state index in [-0.39, 0.29) is 11.7 Å². The summed E-state index contributed by atoms with van der Waals surface area (Å²) >= 11 is 0. The van der Waals surface area contributed by atoms with Crippen LogP contribution < -0.4 is 0 Å². The van der Waals surface area contributed by atoms with E-state index in [0.717, 1.165) is 37.4 Å². The van der Waals surface area contributed by atoms with Crippen molar-refractivity contribution in [2.24, 2.45) is 11.8 Å². The summed E-state index contributed by atoms with van der Waals surface area (Å²) in [6, 6.07) is 7.38. The number of halogens is 2. The zero-order valence-electron chi connectivity index (χ0n) is 14.0. The third-order valence-corrected chi connectivity index (χ3v) is 5.83. The van der Waals surface area contributed by atoms with Gasteiger partial charge in [0.15, 0.2) is 0 Å². The Kier molecular flexibility index (Phi) is 4.29. The van der Waals surface area contributed by atoms with Gasteiger partial charge in [-0.1, -0.05) is 6.07 Å². The molecule has 0 unspecified atom stereocenters. The van der Waals surface area contributed by atoms with Crippen molar-refractivity contribution in [2.45, 2.75) is 31.4 Å². The zero-order chi connectivity index (χ0) is 17.4. The Hall–Kier alpha value is -1.85. The maximum absolute atomic E-state index is 14.0. The van der Waals surface area contributed by atoms with Gasteiger partial charge in [-0.3, -0.25) is 9.88 Å². The standard InChI is InChI=1S/C20H22F2N2O/c21-17-5-6-19(22)15(9-17)12-24-11-14-3-1-7-20(25,18(14)13-24)16-4-2-8-23-10-16/h2,4-6,8-10,14,18,25H,1,3,7,11-13H2/t14-,18+,20-/m0/s1. The largest absolute Gasteiger partial charge is 0.385 e. The molecule has 2 aliphatic rings. The number of benzene rings is 1. The van der Waals surface area contributed by atoms with Crippen LogP contribution >= 0.6 is 0 Å². The van der Waals surface area contributed by atoms with Gasteiger partial charge in [-0.15, -0.1) is 0 Å². The lowest BCUT2D eigenvalue weighted by molar-refractivity contribution is -0.0651. The molecule has 5 heteroatoms. The van der Waals surface area contributed by atoms with Gasteiger partial charge in [0.25, 0.3) is 0 Å². The Morgan fingerprint density at radius 1 is 1.24 bits per heavy atom. The number of hydrogen-bond acceptors (Lipinski definition) is 3. The Morgan fingerprint density at radius 3 is 2.92 bits per heavy atom. The summed E-state index contributed by atoms with van der Waals surface area (Å²) in [7, 11) is 0. The molecule has 2 heterocycles. The number of aliphatic hydroxyl groups is 1. The van der Waals surface area contributed by atoms with Gasteiger partial charge in [-0.05, 0) is 49.4 Å². The van der Waals surface area contributed by atoms with Crippen molar-refractivity contribution in [3.8, 4) is 0 Å². The quantitative estimate of drug-likeness (QED) is 0.926. The highest BCUT2D eigenvalue weighted by Crippen LogP contribution is 2.48. The fourth-order valence-electron chi connectivity index (χ4n) is 4.62. The molecule has 1 saturated carbocycles. The van der Waals surface area contributed by atoms with Gasteiger partial charge >= 0.3 is 0 Å². The van der Waals surface area contributed by atoms with Crippen LogP contribution in [0.5, 0.6) is 0 Å². The smallest absolute Gasteiger partial charge is 0.127 e. The average Bonchev–Trinajstić information content (AvgIpc) is 3.03. The molecule has 25 heavy (non-hydrogen) atoms. The van der Waals surface area contributed by atoms with Crippen molar-refractivity contribution in [3.63, 3.8) is 0 Å². The summed E-state index contributed by atoms with van der Waals surface area (Å²) < 4.78 is 27.4. The number of likely N-dealkylation sites (tertiary alicyclic amines) is 1. The fourth-order valence-corrected chi connectivity index (χ4v) is 4.62. The minimum Gasteiger partial charge on any atom is -0.385 e. The first-order valence-electron chi connectivity index (χ1n) is 8.85. The van der Waals surface area contributed by atoms with E-state index in [9.17, 15) is 13.9 Å². The van der Waals surface area contributed by atoms with Gasteiger partial charge in [0.1, 0.15) is 11.6 Å². The molecule has 3 nitrogen and oxygen atoms in total. The third-order valence-electron chi connectivity index (χ3n) is 5.83. The van der Waals surface area contributed by atoms with Crippen molar-refractivity contribution in [1.82, 2.24) is 9.88 Å². The summed E-state index contributed by atoms with van der Waals surface area (Å²) in [6.07, 6.45) is 6.21. The van der Waals surface area contributed by atoms with E-state index >= 15 is 0 Å².